The van der Waals surface area contributed by atoms with Gasteiger partial charge in [-0.15, -0.1) is 0 Å². The molecule has 396 valence electrons. The van der Waals surface area contributed by atoms with Gasteiger partial charge in [0.25, 0.3) is 0 Å². The first-order valence-corrected chi connectivity index (χ1v) is 29.1. The van der Waals surface area contributed by atoms with Crippen LogP contribution in [-0.2, 0) is 28.6 Å². The summed E-state index contributed by atoms with van der Waals surface area (Å²) in [6.45, 7) is 6.47. The maximum atomic E-state index is 12.9. The zero-order chi connectivity index (χ0) is 50.0. The molecule has 0 aromatic rings. The van der Waals surface area contributed by atoms with E-state index in [2.05, 4.69) is 106 Å². The summed E-state index contributed by atoms with van der Waals surface area (Å²) in [6, 6.07) is 0. The molecule has 0 amide bonds. The fourth-order valence-electron chi connectivity index (χ4n) is 7.99. The summed E-state index contributed by atoms with van der Waals surface area (Å²) in [7, 11) is 0. The minimum atomic E-state index is -0.799. The lowest BCUT2D eigenvalue weighted by Gasteiger charge is -2.18. The van der Waals surface area contributed by atoms with Gasteiger partial charge in [0, 0.05) is 19.3 Å². The highest BCUT2D eigenvalue weighted by atomic mass is 16.6. The molecule has 6 nitrogen and oxygen atoms in total. The summed E-state index contributed by atoms with van der Waals surface area (Å²) in [4.78, 5) is 38.2. The molecule has 0 saturated heterocycles. The number of rotatable bonds is 52. The molecule has 0 aromatic heterocycles. The van der Waals surface area contributed by atoms with Gasteiger partial charge in [0.1, 0.15) is 13.2 Å². The smallest absolute Gasteiger partial charge is 0.306 e. The van der Waals surface area contributed by atoms with Gasteiger partial charge in [-0.05, 0) is 116 Å². The maximum Gasteiger partial charge on any atom is 0.306 e. The van der Waals surface area contributed by atoms with E-state index >= 15 is 0 Å². The third-order valence-electron chi connectivity index (χ3n) is 12.4. The number of hydrogen-bond acceptors (Lipinski definition) is 6. The fraction of sp³-hybridized carbons (Fsp3) is 0.730. The Kier molecular flexibility index (Phi) is 54.3. The average molecular weight is 962 g/mol. The molecule has 1 atom stereocenters. The van der Waals surface area contributed by atoms with Gasteiger partial charge in [-0.3, -0.25) is 14.4 Å². The van der Waals surface area contributed by atoms with Crippen LogP contribution in [0.3, 0.4) is 0 Å². The minimum Gasteiger partial charge on any atom is -0.462 e. The van der Waals surface area contributed by atoms with Crippen molar-refractivity contribution in [1.29, 1.82) is 0 Å². The molecular weight excluding hydrogens is 853 g/mol. The number of hydrogen-bond donors (Lipinski definition) is 0. The Morgan fingerprint density at radius 3 is 0.957 bits per heavy atom. The van der Waals surface area contributed by atoms with Crippen molar-refractivity contribution >= 4 is 17.9 Å². The van der Waals surface area contributed by atoms with Crippen molar-refractivity contribution < 1.29 is 28.6 Å². The highest BCUT2D eigenvalue weighted by Crippen LogP contribution is 2.15. The molecule has 0 N–H and O–H groups in total. The van der Waals surface area contributed by atoms with E-state index in [1.165, 1.54) is 141 Å². The quantitative estimate of drug-likeness (QED) is 0.0262. The van der Waals surface area contributed by atoms with E-state index in [1.54, 1.807) is 0 Å². The number of unbranched alkanes of at least 4 members (excludes halogenated alkanes) is 27. The maximum absolute atomic E-state index is 12.9. The van der Waals surface area contributed by atoms with E-state index in [9.17, 15) is 14.4 Å². The number of allylic oxidation sites excluding steroid dienone is 14. The van der Waals surface area contributed by atoms with Crippen LogP contribution in [-0.4, -0.2) is 37.2 Å². The van der Waals surface area contributed by atoms with Gasteiger partial charge in [-0.1, -0.05) is 228 Å². The van der Waals surface area contributed by atoms with Crippen LogP contribution in [0.1, 0.15) is 278 Å². The van der Waals surface area contributed by atoms with Crippen LogP contribution in [0, 0.1) is 0 Å². The van der Waals surface area contributed by atoms with Crippen LogP contribution >= 0.6 is 0 Å². The molecule has 0 aliphatic rings. The van der Waals surface area contributed by atoms with E-state index in [4.69, 9.17) is 14.2 Å². The van der Waals surface area contributed by atoms with Crippen molar-refractivity contribution in [1.82, 2.24) is 0 Å². The first-order valence-electron chi connectivity index (χ1n) is 29.1. The lowest BCUT2D eigenvalue weighted by atomic mass is 10.1. The third-order valence-corrected chi connectivity index (χ3v) is 12.4. The second-order valence-corrected chi connectivity index (χ2v) is 19.2. The summed E-state index contributed by atoms with van der Waals surface area (Å²) in [5.74, 6) is -0.941. The summed E-state index contributed by atoms with van der Waals surface area (Å²) >= 11 is 0. The van der Waals surface area contributed by atoms with Crippen LogP contribution in [0.15, 0.2) is 85.1 Å². The first-order chi connectivity index (χ1) is 34.0. The molecule has 0 rings (SSSR count). The summed E-state index contributed by atoms with van der Waals surface area (Å²) in [5, 5.41) is 0. The predicted molar refractivity (Wildman–Crippen MR) is 297 cm³/mol. The number of carbonyl (C=O) groups excluding carboxylic acids is 3. The highest BCUT2D eigenvalue weighted by molar-refractivity contribution is 5.71. The average Bonchev–Trinajstić information content (AvgIpc) is 3.35. The van der Waals surface area contributed by atoms with Gasteiger partial charge in [-0.2, -0.15) is 0 Å². The monoisotopic (exact) mass is 961 g/mol. The SMILES string of the molecule is CC/C=C\C/C=C\C/C=C\C/C=C\CCCCC(=O)OC[C@H](COC(=O)CCCCCCCCCCC/C=C\CCCCCCCC)OC(=O)CCCCCCCCC/C=C\C/C=C\CCCCC. The van der Waals surface area contributed by atoms with E-state index < -0.39 is 6.10 Å². The number of esters is 3. The van der Waals surface area contributed by atoms with Crippen LogP contribution in [0.2, 0.25) is 0 Å². The molecule has 0 radical (unpaired) electrons. The van der Waals surface area contributed by atoms with Gasteiger partial charge >= 0.3 is 17.9 Å². The Labute approximate surface area is 426 Å². The van der Waals surface area contributed by atoms with Crippen LogP contribution in [0.4, 0.5) is 0 Å². The van der Waals surface area contributed by atoms with Gasteiger partial charge in [-0.25, -0.2) is 0 Å². The molecule has 0 unspecified atom stereocenters. The molecule has 0 fully saturated rings. The largest absolute Gasteiger partial charge is 0.462 e. The molecule has 0 spiro atoms. The van der Waals surface area contributed by atoms with E-state index in [1.807, 2.05) is 0 Å². The molecule has 0 bridgehead atoms. The molecule has 6 heteroatoms. The standard InChI is InChI=1S/C63H108O6/c1-4-7-10-13-16-19-22-25-28-30-31-33-35-38-41-44-47-50-53-56-62(65)68-59-60(58-67-61(64)55-52-49-46-43-40-37-34-27-24-21-18-15-12-9-6-3)69-63(66)57-54-51-48-45-42-39-36-32-29-26-23-20-17-14-11-8-5-2/h9,12,17-18,20-21,25-29,34,40,43,60H,4-8,10-11,13-16,19,22-24,30-33,35-39,41-42,44-59H2,1-3H3/b12-9-,20-17-,21-18-,28-25-,29-26-,34-27-,43-40-/t60-/m1/s1. The Morgan fingerprint density at radius 2 is 0.565 bits per heavy atom. The van der Waals surface area contributed by atoms with E-state index in [-0.39, 0.29) is 31.1 Å². The molecule has 0 aromatic carbocycles. The third kappa shape index (κ3) is 55.4. The Morgan fingerprint density at radius 1 is 0.304 bits per heavy atom. The van der Waals surface area contributed by atoms with Gasteiger partial charge in [0.15, 0.2) is 6.10 Å². The molecule has 0 aliphatic heterocycles. The van der Waals surface area contributed by atoms with Crippen LogP contribution in [0.5, 0.6) is 0 Å². The number of ether oxygens (including phenoxy) is 3. The minimum absolute atomic E-state index is 0.0937. The summed E-state index contributed by atoms with van der Waals surface area (Å²) in [6.07, 6.45) is 74.3. The van der Waals surface area contributed by atoms with E-state index in [0.717, 1.165) is 96.3 Å². The predicted octanol–water partition coefficient (Wildman–Crippen LogP) is 19.5. The zero-order valence-electron chi connectivity index (χ0n) is 45.3. The first kappa shape index (κ1) is 65.6. The lowest BCUT2D eigenvalue weighted by Crippen LogP contribution is -2.30. The molecular formula is C63H108O6. The van der Waals surface area contributed by atoms with Gasteiger partial charge < -0.3 is 14.2 Å². The zero-order valence-corrected chi connectivity index (χ0v) is 45.3. The van der Waals surface area contributed by atoms with Crippen molar-refractivity contribution in [3.05, 3.63) is 85.1 Å². The summed E-state index contributed by atoms with van der Waals surface area (Å²) in [5.41, 5.74) is 0. The van der Waals surface area contributed by atoms with Gasteiger partial charge in [0.05, 0.1) is 0 Å². The Bertz CT molecular complexity index is 1330. The second-order valence-electron chi connectivity index (χ2n) is 19.2. The molecule has 69 heavy (non-hydrogen) atoms. The van der Waals surface area contributed by atoms with Crippen LogP contribution in [0.25, 0.3) is 0 Å². The van der Waals surface area contributed by atoms with Crippen molar-refractivity contribution in [3.63, 3.8) is 0 Å². The van der Waals surface area contributed by atoms with Crippen molar-refractivity contribution in [3.8, 4) is 0 Å². The lowest BCUT2D eigenvalue weighted by molar-refractivity contribution is -0.167. The number of carbonyl (C=O) groups is 3. The van der Waals surface area contributed by atoms with Gasteiger partial charge in [0.2, 0.25) is 0 Å². The second kappa shape index (κ2) is 57.2. The topological polar surface area (TPSA) is 78.9 Å². The molecule has 0 heterocycles. The van der Waals surface area contributed by atoms with Crippen molar-refractivity contribution in [2.75, 3.05) is 13.2 Å². The molecule has 0 aliphatic carbocycles. The normalized spacial score (nSPS) is 12.7. The Hall–Kier alpha value is -3.41. The van der Waals surface area contributed by atoms with Crippen LogP contribution < -0.4 is 0 Å². The van der Waals surface area contributed by atoms with E-state index in [0.29, 0.717) is 19.3 Å². The summed E-state index contributed by atoms with van der Waals surface area (Å²) < 4.78 is 16.8. The van der Waals surface area contributed by atoms with Crippen molar-refractivity contribution in [2.24, 2.45) is 0 Å². The van der Waals surface area contributed by atoms with Crippen molar-refractivity contribution in [2.45, 2.75) is 284 Å². The fourth-order valence-corrected chi connectivity index (χ4v) is 7.99. The highest BCUT2D eigenvalue weighted by Gasteiger charge is 2.19. The molecule has 0 saturated carbocycles. The Balaban J connectivity index is 4.43.